The highest BCUT2D eigenvalue weighted by atomic mass is 19.2. The van der Waals surface area contributed by atoms with Gasteiger partial charge in [0.2, 0.25) is 0 Å². The van der Waals surface area contributed by atoms with Crippen LogP contribution < -0.4 is 0 Å². The molecular weight excluding hydrogens is 406 g/mol. The van der Waals surface area contributed by atoms with Gasteiger partial charge >= 0.3 is 5.97 Å². The fraction of sp³-hybridized carbons (Fsp3) is 0.238. The molecular formula is C21H17F4NO4. The molecule has 2 aromatic carbocycles. The summed E-state index contributed by atoms with van der Waals surface area (Å²) < 4.78 is 56.6. The molecule has 9 heteroatoms. The molecule has 0 spiro atoms. The maximum absolute atomic E-state index is 14.8. The van der Waals surface area contributed by atoms with Crippen molar-refractivity contribution in [3.05, 3.63) is 64.4 Å². The average Bonchev–Trinajstić information content (AvgIpc) is 2.97. The van der Waals surface area contributed by atoms with E-state index in [-0.39, 0.29) is 28.8 Å². The van der Waals surface area contributed by atoms with E-state index in [0.29, 0.717) is 18.6 Å². The molecule has 3 rings (SSSR count). The smallest absolute Gasteiger partial charge is 0.311 e. The summed E-state index contributed by atoms with van der Waals surface area (Å²) in [6.45, 7) is 3.05. The second kappa shape index (κ2) is 7.81. The van der Waals surface area contributed by atoms with Gasteiger partial charge in [-0.2, -0.15) is 0 Å². The Bertz CT molecular complexity index is 1190. The minimum Gasteiger partial charge on any atom is -0.503 e. The van der Waals surface area contributed by atoms with Gasteiger partial charge in [-0.3, -0.25) is 14.2 Å². The average molecular weight is 423 g/mol. The summed E-state index contributed by atoms with van der Waals surface area (Å²) in [5.41, 5.74) is -0.739. The number of rotatable bonds is 5. The first kappa shape index (κ1) is 21.4. The topological polar surface area (TPSA) is 79.5 Å². The number of aliphatic carboxylic acids is 1. The number of aromatic hydroxyl groups is 1. The van der Waals surface area contributed by atoms with E-state index < -0.39 is 52.2 Å². The van der Waals surface area contributed by atoms with Gasteiger partial charge in [0, 0.05) is 22.7 Å². The van der Waals surface area contributed by atoms with Crippen LogP contribution in [0, 0.1) is 30.2 Å². The molecule has 0 aliphatic carbocycles. The lowest BCUT2D eigenvalue weighted by molar-refractivity contribution is -0.139. The number of phenols is 1. The summed E-state index contributed by atoms with van der Waals surface area (Å²) in [7, 11) is 0. The summed E-state index contributed by atoms with van der Waals surface area (Å²) in [6.07, 6.45) is 0.501. The van der Waals surface area contributed by atoms with Gasteiger partial charge in [0.15, 0.2) is 29.0 Å². The molecule has 1 atom stereocenters. The summed E-state index contributed by atoms with van der Waals surface area (Å²) in [4.78, 5) is 24.9. The van der Waals surface area contributed by atoms with E-state index in [9.17, 15) is 37.4 Å². The Morgan fingerprint density at radius 1 is 1.07 bits per heavy atom. The number of fused-ring (bicyclic) bond motifs is 1. The monoisotopic (exact) mass is 423 g/mol. The van der Waals surface area contributed by atoms with Crippen LogP contribution in [0.15, 0.2) is 24.3 Å². The van der Waals surface area contributed by atoms with E-state index >= 15 is 0 Å². The molecule has 0 amide bonds. The van der Waals surface area contributed by atoms with Crippen LogP contribution in [-0.4, -0.2) is 26.7 Å². The van der Waals surface area contributed by atoms with Gasteiger partial charge < -0.3 is 10.2 Å². The molecule has 0 saturated carbocycles. The molecule has 158 valence electrons. The number of carbonyl (C=O) groups is 2. The maximum atomic E-state index is 14.8. The minimum absolute atomic E-state index is 0.00974. The molecule has 2 N–H and O–H groups in total. The van der Waals surface area contributed by atoms with Crippen molar-refractivity contribution < 1.29 is 37.4 Å². The standard InChI is InChI=1S/C21H17F4NO4/c1-3-4-11(21(29)30)16-9(2)26(15-8-14(24)19(27)18(25)17(15)16)20(28)10-5-6-12(22)13(23)7-10/h5-8,11,27H,3-4H2,1-2H3,(H,29,30)/t11-/m0/s1. The van der Waals surface area contributed by atoms with Crippen molar-refractivity contribution in [3.8, 4) is 5.75 Å². The van der Waals surface area contributed by atoms with Crippen LogP contribution in [0.2, 0.25) is 0 Å². The van der Waals surface area contributed by atoms with Crippen LogP contribution in [0.5, 0.6) is 5.75 Å². The summed E-state index contributed by atoms with van der Waals surface area (Å²) in [5, 5.41) is 18.9. The SMILES string of the molecule is CCC[C@H](C(=O)O)c1c(C)n(C(=O)c2ccc(F)c(F)c2)c2cc(F)c(O)c(F)c12. The van der Waals surface area contributed by atoms with Gasteiger partial charge in [-0.1, -0.05) is 13.3 Å². The van der Waals surface area contributed by atoms with Gasteiger partial charge in [0.1, 0.15) is 0 Å². The number of nitrogens with zero attached hydrogens (tertiary/aromatic N) is 1. The molecule has 0 aliphatic heterocycles. The number of carboxylic acids is 1. The normalized spacial score (nSPS) is 12.3. The lowest BCUT2D eigenvalue weighted by Crippen LogP contribution is -2.16. The van der Waals surface area contributed by atoms with E-state index in [2.05, 4.69) is 0 Å². The van der Waals surface area contributed by atoms with Gasteiger partial charge in [0.05, 0.1) is 11.4 Å². The zero-order valence-corrected chi connectivity index (χ0v) is 16.0. The van der Waals surface area contributed by atoms with Gasteiger partial charge in [-0.05, 0) is 37.1 Å². The molecule has 0 bridgehead atoms. The number of benzene rings is 2. The molecule has 5 nitrogen and oxygen atoms in total. The molecule has 0 aliphatic rings. The van der Waals surface area contributed by atoms with Crippen molar-refractivity contribution in [1.82, 2.24) is 4.57 Å². The number of phenolic OH excluding ortho intramolecular Hbond substituents is 1. The fourth-order valence-electron chi connectivity index (χ4n) is 3.64. The number of hydrogen-bond donors (Lipinski definition) is 2. The Morgan fingerprint density at radius 2 is 1.73 bits per heavy atom. The first-order chi connectivity index (χ1) is 14.1. The number of carbonyl (C=O) groups excluding carboxylic acids is 1. The van der Waals surface area contributed by atoms with Gasteiger partial charge in [-0.15, -0.1) is 0 Å². The lowest BCUT2D eigenvalue weighted by Gasteiger charge is -2.13. The Hall–Kier alpha value is -3.36. The third kappa shape index (κ3) is 3.30. The van der Waals surface area contributed by atoms with Crippen LogP contribution in [-0.2, 0) is 4.79 Å². The van der Waals surface area contributed by atoms with Crippen LogP contribution in [0.4, 0.5) is 17.6 Å². The van der Waals surface area contributed by atoms with Crippen molar-refractivity contribution in [1.29, 1.82) is 0 Å². The van der Waals surface area contributed by atoms with E-state index in [1.165, 1.54) is 6.92 Å². The molecule has 0 unspecified atom stereocenters. The van der Waals surface area contributed by atoms with Crippen molar-refractivity contribution in [3.63, 3.8) is 0 Å². The first-order valence-electron chi connectivity index (χ1n) is 9.04. The predicted octanol–water partition coefficient (Wildman–Crippen LogP) is 4.87. The zero-order valence-electron chi connectivity index (χ0n) is 16.0. The highest BCUT2D eigenvalue weighted by Crippen LogP contribution is 2.40. The Morgan fingerprint density at radius 3 is 2.30 bits per heavy atom. The highest BCUT2D eigenvalue weighted by Gasteiger charge is 2.32. The van der Waals surface area contributed by atoms with Crippen LogP contribution >= 0.6 is 0 Å². The second-order valence-electron chi connectivity index (χ2n) is 6.86. The van der Waals surface area contributed by atoms with E-state index in [1.54, 1.807) is 6.92 Å². The fourth-order valence-corrected chi connectivity index (χ4v) is 3.64. The Labute approximate surface area is 168 Å². The van der Waals surface area contributed by atoms with Crippen molar-refractivity contribution in [2.24, 2.45) is 0 Å². The van der Waals surface area contributed by atoms with E-state index in [4.69, 9.17) is 0 Å². The summed E-state index contributed by atoms with van der Waals surface area (Å²) >= 11 is 0. The van der Waals surface area contributed by atoms with Crippen molar-refractivity contribution in [2.75, 3.05) is 0 Å². The van der Waals surface area contributed by atoms with Crippen molar-refractivity contribution in [2.45, 2.75) is 32.6 Å². The first-order valence-corrected chi connectivity index (χ1v) is 9.04. The number of halogens is 4. The van der Waals surface area contributed by atoms with E-state index in [0.717, 1.165) is 16.7 Å². The quantitative estimate of drug-likeness (QED) is 0.574. The maximum Gasteiger partial charge on any atom is 0.311 e. The molecule has 0 fully saturated rings. The highest BCUT2D eigenvalue weighted by molar-refractivity contribution is 6.05. The Balaban J connectivity index is 2.40. The molecule has 1 aromatic heterocycles. The molecule has 0 saturated heterocycles. The van der Waals surface area contributed by atoms with Gasteiger partial charge in [0.25, 0.3) is 5.91 Å². The number of carboxylic acid groups (broad SMARTS) is 1. The third-order valence-electron chi connectivity index (χ3n) is 5.00. The second-order valence-corrected chi connectivity index (χ2v) is 6.86. The van der Waals surface area contributed by atoms with Crippen LogP contribution in [0.1, 0.15) is 47.3 Å². The number of aromatic nitrogens is 1. The van der Waals surface area contributed by atoms with Gasteiger partial charge in [-0.25, -0.2) is 17.6 Å². The molecule has 1 heterocycles. The zero-order chi connectivity index (χ0) is 22.3. The van der Waals surface area contributed by atoms with Crippen molar-refractivity contribution >= 4 is 22.8 Å². The largest absolute Gasteiger partial charge is 0.503 e. The molecule has 30 heavy (non-hydrogen) atoms. The minimum atomic E-state index is -1.40. The summed E-state index contributed by atoms with van der Waals surface area (Å²) in [5.74, 6) is -10.0. The molecule has 3 aromatic rings. The predicted molar refractivity (Wildman–Crippen MR) is 99.6 cm³/mol. The summed E-state index contributed by atoms with van der Waals surface area (Å²) in [6, 6.07) is 3.07. The van der Waals surface area contributed by atoms with Crippen LogP contribution in [0.25, 0.3) is 10.9 Å². The van der Waals surface area contributed by atoms with E-state index in [1.807, 2.05) is 0 Å². The number of hydrogen-bond acceptors (Lipinski definition) is 3. The lowest BCUT2D eigenvalue weighted by atomic mass is 9.92. The van der Waals surface area contributed by atoms with Crippen LogP contribution in [0.3, 0.4) is 0 Å². The third-order valence-corrected chi connectivity index (χ3v) is 5.00. The molecule has 0 radical (unpaired) electrons. The Kier molecular flexibility index (Phi) is 5.56.